The van der Waals surface area contributed by atoms with Crippen LogP contribution in [0.5, 0.6) is 23.0 Å². The normalized spacial score (nSPS) is 16.7. The van der Waals surface area contributed by atoms with Gasteiger partial charge in [0.1, 0.15) is 13.2 Å². The Labute approximate surface area is 275 Å². The molecule has 6 rings (SSSR count). The van der Waals surface area contributed by atoms with Crippen LogP contribution in [0, 0.1) is 0 Å². The van der Waals surface area contributed by atoms with Crippen LogP contribution in [-0.2, 0) is 22.8 Å². The topological polar surface area (TPSA) is 74.3 Å². The zero-order chi connectivity index (χ0) is 32.2. The van der Waals surface area contributed by atoms with E-state index in [4.69, 9.17) is 30.5 Å². The van der Waals surface area contributed by atoms with E-state index in [1.165, 1.54) is 0 Å². The maximum absolute atomic E-state index is 13.4. The van der Waals surface area contributed by atoms with Gasteiger partial charge in [-0.3, -0.25) is 9.59 Å². The molecule has 0 amide bonds. The summed E-state index contributed by atoms with van der Waals surface area (Å²) in [5, 5.41) is 0.364. The van der Waals surface area contributed by atoms with Crippen LogP contribution in [0.2, 0.25) is 5.02 Å². The first-order valence-corrected chi connectivity index (χ1v) is 16.5. The van der Waals surface area contributed by atoms with Gasteiger partial charge in [-0.1, -0.05) is 48.0 Å². The van der Waals surface area contributed by atoms with Crippen LogP contribution in [0.4, 0.5) is 0 Å². The molecule has 0 unspecified atom stereocenters. The highest BCUT2D eigenvalue weighted by Crippen LogP contribution is 2.50. The lowest BCUT2D eigenvalue weighted by Crippen LogP contribution is -2.37. The van der Waals surface area contributed by atoms with Crippen LogP contribution in [0.1, 0.15) is 75.0 Å². The minimum Gasteiger partial charge on any atom is -0.490 e. The number of allylic oxidation sites excluding steroid dienone is 4. The van der Waals surface area contributed by atoms with E-state index in [9.17, 15) is 9.59 Å². The van der Waals surface area contributed by atoms with Crippen LogP contribution in [0.15, 0.2) is 83.2 Å². The minimum atomic E-state index is -0.468. The molecule has 0 aromatic heterocycles. The number of hydrogen-bond acceptors (Lipinski definition) is 7. The number of benzene rings is 3. The van der Waals surface area contributed by atoms with Crippen molar-refractivity contribution >= 4 is 23.2 Å². The van der Waals surface area contributed by atoms with Crippen LogP contribution in [0.3, 0.4) is 0 Å². The summed E-state index contributed by atoms with van der Waals surface area (Å²) >= 11 is 6.95. The lowest BCUT2D eigenvalue weighted by atomic mass is 9.71. The molecule has 0 N–H and O–H groups in total. The van der Waals surface area contributed by atoms with Crippen LogP contribution in [-0.4, -0.2) is 36.7 Å². The fraction of sp³-hybridized carbons (Fsp3) is 0.368. The van der Waals surface area contributed by atoms with E-state index in [-0.39, 0.29) is 18.2 Å². The molecule has 0 bridgehead atoms. The number of hydrogen-bond donors (Lipinski definition) is 0. The van der Waals surface area contributed by atoms with E-state index in [1.807, 2.05) is 81.6 Å². The van der Waals surface area contributed by atoms with E-state index in [0.29, 0.717) is 71.8 Å². The second-order valence-electron chi connectivity index (χ2n) is 11.8. The van der Waals surface area contributed by atoms with Crippen molar-refractivity contribution in [1.82, 2.24) is 4.90 Å². The van der Waals surface area contributed by atoms with Crippen molar-refractivity contribution in [3.63, 3.8) is 0 Å². The highest BCUT2D eigenvalue weighted by Gasteiger charge is 2.42. The largest absolute Gasteiger partial charge is 0.490 e. The van der Waals surface area contributed by atoms with Gasteiger partial charge in [0.2, 0.25) is 0 Å². The third kappa shape index (κ3) is 6.38. The van der Waals surface area contributed by atoms with Gasteiger partial charge in [0.15, 0.2) is 34.6 Å². The average molecular weight is 642 g/mol. The third-order valence-electron chi connectivity index (χ3n) is 8.84. The number of ether oxygens (including phenoxy) is 4. The molecule has 2 aliphatic carbocycles. The fourth-order valence-corrected chi connectivity index (χ4v) is 7.04. The zero-order valence-corrected chi connectivity index (χ0v) is 27.5. The molecule has 46 heavy (non-hydrogen) atoms. The van der Waals surface area contributed by atoms with Crippen molar-refractivity contribution in [2.75, 3.05) is 20.3 Å². The second-order valence-corrected chi connectivity index (χ2v) is 12.2. The van der Waals surface area contributed by atoms with Gasteiger partial charge in [-0.25, -0.2) is 0 Å². The predicted molar refractivity (Wildman–Crippen MR) is 178 cm³/mol. The summed E-state index contributed by atoms with van der Waals surface area (Å²) < 4.78 is 24.3. The Hall–Kier alpha value is -4.23. The Morgan fingerprint density at radius 2 is 1.33 bits per heavy atom. The molecular weight excluding hydrogens is 602 g/mol. The fourth-order valence-electron chi connectivity index (χ4n) is 6.76. The summed E-state index contributed by atoms with van der Waals surface area (Å²) in [6, 6.07) is 19.5. The lowest BCUT2D eigenvalue weighted by molar-refractivity contribution is -0.117. The van der Waals surface area contributed by atoms with Gasteiger partial charge in [-0.05, 0) is 80.5 Å². The van der Waals surface area contributed by atoms with Crippen molar-refractivity contribution in [3.05, 3.63) is 105 Å². The van der Waals surface area contributed by atoms with Crippen molar-refractivity contribution in [2.45, 2.75) is 71.5 Å². The molecule has 0 atom stereocenters. The molecule has 3 aromatic carbocycles. The Morgan fingerprint density at radius 1 is 0.696 bits per heavy atom. The second kappa shape index (κ2) is 14.0. The van der Waals surface area contributed by atoms with Crippen LogP contribution >= 0.6 is 11.6 Å². The first-order chi connectivity index (χ1) is 22.4. The van der Waals surface area contributed by atoms with E-state index in [2.05, 4.69) is 4.90 Å². The summed E-state index contributed by atoms with van der Waals surface area (Å²) in [4.78, 5) is 29.0. The maximum atomic E-state index is 13.4. The van der Waals surface area contributed by atoms with Gasteiger partial charge in [-0.15, -0.1) is 0 Å². The molecule has 3 aromatic rings. The van der Waals surface area contributed by atoms with Gasteiger partial charge < -0.3 is 23.8 Å². The number of carbonyl (C=O) groups excluding carboxylic acids is 2. The minimum absolute atomic E-state index is 0.0960. The molecule has 240 valence electrons. The highest BCUT2D eigenvalue weighted by molar-refractivity contribution is 6.32. The van der Waals surface area contributed by atoms with E-state index < -0.39 is 5.92 Å². The van der Waals surface area contributed by atoms with E-state index >= 15 is 0 Å². The first kappa shape index (κ1) is 31.7. The standard InChI is InChI=1S/C38H40ClNO6/c1-4-43-33-19-25(17-18-32(33)45-22-24-11-7-6-8-12-24)23-46-38-27(39)20-26(21-34(38)44-5-2)35-36-28(13-9-15-30(36)41)40(3)29-14-10-16-31(42)37(29)35/h6-8,11-12,17-21,35H,4-5,9-10,13-16,22-23H2,1-3H3. The van der Waals surface area contributed by atoms with Crippen molar-refractivity contribution in [3.8, 4) is 23.0 Å². The Balaban J connectivity index is 1.29. The monoisotopic (exact) mass is 641 g/mol. The molecule has 0 saturated carbocycles. The van der Waals surface area contributed by atoms with E-state index in [1.54, 1.807) is 0 Å². The number of carbonyl (C=O) groups is 2. The summed E-state index contributed by atoms with van der Waals surface area (Å²) in [5.41, 5.74) is 6.19. The molecule has 0 spiro atoms. The summed E-state index contributed by atoms with van der Waals surface area (Å²) in [5.74, 6) is 1.91. The Morgan fingerprint density at radius 3 is 1.98 bits per heavy atom. The maximum Gasteiger partial charge on any atom is 0.180 e. The molecular formula is C38H40ClNO6. The number of nitrogens with zero attached hydrogens (tertiary/aromatic N) is 1. The Bertz CT molecular complexity index is 1650. The number of Topliss-reactive ketones (excluding diaryl/α,β-unsaturated/α-hetero) is 2. The zero-order valence-electron chi connectivity index (χ0n) is 26.7. The van der Waals surface area contributed by atoms with Gasteiger partial charge in [0, 0.05) is 48.3 Å². The van der Waals surface area contributed by atoms with Gasteiger partial charge in [0.05, 0.1) is 18.2 Å². The van der Waals surface area contributed by atoms with Crippen molar-refractivity contribution < 1.29 is 28.5 Å². The van der Waals surface area contributed by atoms with Gasteiger partial charge >= 0.3 is 0 Å². The van der Waals surface area contributed by atoms with Crippen molar-refractivity contribution in [1.29, 1.82) is 0 Å². The summed E-state index contributed by atoms with van der Waals surface area (Å²) in [7, 11) is 1.99. The smallest absolute Gasteiger partial charge is 0.180 e. The van der Waals surface area contributed by atoms with E-state index in [0.717, 1.165) is 53.8 Å². The number of ketones is 2. The Kier molecular flexibility index (Phi) is 9.69. The average Bonchev–Trinajstić information content (AvgIpc) is 3.05. The molecule has 0 fully saturated rings. The van der Waals surface area contributed by atoms with Gasteiger partial charge in [-0.2, -0.15) is 0 Å². The summed E-state index contributed by atoms with van der Waals surface area (Å²) in [6.07, 6.45) is 4.21. The SMILES string of the molecule is CCOc1cc(COc2c(Cl)cc(C3C4=C(CCCC4=O)N(C)C4=C3C(=O)CCC4)cc2OCC)ccc1OCc1ccccc1. The molecule has 8 heteroatoms. The lowest BCUT2D eigenvalue weighted by Gasteiger charge is -2.42. The van der Waals surface area contributed by atoms with Gasteiger partial charge in [0.25, 0.3) is 0 Å². The molecule has 1 aliphatic heterocycles. The molecule has 1 heterocycles. The predicted octanol–water partition coefficient (Wildman–Crippen LogP) is 8.34. The first-order valence-electron chi connectivity index (χ1n) is 16.2. The number of halogens is 1. The quantitative estimate of drug-likeness (QED) is 0.208. The molecule has 0 saturated heterocycles. The highest BCUT2D eigenvalue weighted by atomic mass is 35.5. The van der Waals surface area contributed by atoms with Crippen LogP contribution < -0.4 is 18.9 Å². The molecule has 7 nitrogen and oxygen atoms in total. The third-order valence-corrected chi connectivity index (χ3v) is 9.12. The summed E-state index contributed by atoms with van der Waals surface area (Å²) in [6.45, 7) is 5.37. The molecule has 0 radical (unpaired) electrons. The molecule has 3 aliphatic rings. The van der Waals surface area contributed by atoms with Crippen LogP contribution in [0.25, 0.3) is 0 Å². The number of rotatable bonds is 11. The van der Waals surface area contributed by atoms with Crippen molar-refractivity contribution in [2.24, 2.45) is 0 Å².